The van der Waals surface area contributed by atoms with E-state index in [2.05, 4.69) is 10.0 Å². The van der Waals surface area contributed by atoms with E-state index >= 15 is 0 Å². The van der Waals surface area contributed by atoms with Gasteiger partial charge in [-0.25, -0.2) is 13.2 Å². The second-order valence-electron chi connectivity index (χ2n) is 5.09. The van der Waals surface area contributed by atoms with Crippen LogP contribution in [0.1, 0.15) is 13.8 Å². The lowest BCUT2D eigenvalue weighted by atomic mass is 10.1. The topological polar surface area (TPSA) is 133 Å². The van der Waals surface area contributed by atoms with E-state index in [1.165, 1.54) is 31.2 Å². The lowest BCUT2D eigenvalue weighted by Gasteiger charge is -2.20. The number of carboxylic acid groups (broad SMARTS) is 1. The molecule has 0 saturated carbocycles. The van der Waals surface area contributed by atoms with E-state index < -0.39 is 40.1 Å². The van der Waals surface area contributed by atoms with Gasteiger partial charge in [-0.05, 0) is 38.1 Å². The van der Waals surface area contributed by atoms with Gasteiger partial charge in [0.2, 0.25) is 15.9 Å². The van der Waals surface area contributed by atoms with Gasteiger partial charge in [0.05, 0.1) is 17.5 Å². The SMILES string of the molecule is CC(NS(=O)(=O)c1ccc(Cl)cc1)C(=O)NCC(C)(O)C(=O)O. The van der Waals surface area contributed by atoms with Crippen LogP contribution in [0.5, 0.6) is 0 Å². The monoisotopic (exact) mass is 364 g/mol. The second-order valence-corrected chi connectivity index (χ2v) is 7.24. The molecule has 1 aromatic rings. The molecule has 4 N–H and O–H groups in total. The summed E-state index contributed by atoms with van der Waals surface area (Å²) in [5.74, 6) is -2.28. The number of hydrogen-bond acceptors (Lipinski definition) is 5. The number of sulfonamides is 1. The van der Waals surface area contributed by atoms with E-state index in [0.717, 1.165) is 6.92 Å². The molecule has 0 aliphatic heterocycles. The third-order valence-electron chi connectivity index (χ3n) is 2.92. The van der Waals surface area contributed by atoms with Crippen molar-refractivity contribution < 1.29 is 28.2 Å². The standard InChI is InChI=1S/C13H17ClN2O6S/c1-8(11(17)15-7-13(2,20)12(18)19)16-23(21,22)10-5-3-9(14)4-6-10/h3-6,8,16,20H,7H2,1-2H3,(H,15,17)(H,18,19). The number of halogens is 1. The van der Waals surface area contributed by atoms with Crippen molar-refractivity contribution in [2.45, 2.75) is 30.4 Å². The van der Waals surface area contributed by atoms with E-state index in [9.17, 15) is 23.1 Å². The molecule has 23 heavy (non-hydrogen) atoms. The van der Waals surface area contributed by atoms with Gasteiger partial charge in [-0.2, -0.15) is 4.72 Å². The van der Waals surface area contributed by atoms with Crippen LogP contribution in [0.3, 0.4) is 0 Å². The fraction of sp³-hybridized carbons (Fsp3) is 0.385. The highest BCUT2D eigenvalue weighted by molar-refractivity contribution is 7.89. The van der Waals surface area contributed by atoms with Crippen molar-refractivity contribution in [1.29, 1.82) is 0 Å². The Hall–Kier alpha value is -1.68. The molecule has 8 nitrogen and oxygen atoms in total. The largest absolute Gasteiger partial charge is 0.479 e. The zero-order valence-corrected chi connectivity index (χ0v) is 14.0. The van der Waals surface area contributed by atoms with Gasteiger partial charge in [-0.3, -0.25) is 4.79 Å². The summed E-state index contributed by atoms with van der Waals surface area (Å²) in [5.41, 5.74) is -2.15. The first kappa shape index (κ1) is 19.4. The number of rotatable bonds is 7. The second kappa shape index (κ2) is 7.26. The first-order valence-corrected chi connectivity index (χ1v) is 8.33. The minimum absolute atomic E-state index is 0.0703. The van der Waals surface area contributed by atoms with Crippen molar-refractivity contribution in [3.8, 4) is 0 Å². The number of carbonyl (C=O) groups excluding carboxylic acids is 1. The summed E-state index contributed by atoms with van der Waals surface area (Å²) < 4.78 is 26.3. The van der Waals surface area contributed by atoms with Crippen molar-refractivity contribution >= 4 is 33.5 Å². The molecule has 10 heteroatoms. The van der Waals surface area contributed by atoms with Crippen LogP contribution in [-0.2, 0) is 19.6 Å². The van der Waals surface area contributed by atoms with Crippen LogP contribution in [0.25, 0.3) is 0 Å². The van der Waals surface area contributed by atoms with Crippen LogP contribution < -0.4 is 10.0 Å². The zero-order valence-electron chi connectivity index (χ0n) is 12.4. The Bertz CT molecular complexity index is 687. The van der Waals surface area contributed by atoms with Crippen molar-refractivity contribution in [2.75, 3.05) is 6.54 Å². The third-order valence-corrected chi connectivity index (χ3v) is 4.73. The van der Waals surface area contributed by atoms with Crippen LogP contribution in [-0.4, -0.2) is 48.7 Å². The summed E-state index contributed by atoms with van der Waals surface area (Å²) in [5, 5.41) is 20.8. The Morgan fingerprint density at radius 2 is 1.83 bits per heavy atom. The van der Waals surface area contributed by atoms with Gasteiger partial charge in [-0.1, -0.05) is 11.6 Å². The molecule has 0 spiro atoms. The minimum atomic E-state index is -3.94. The van der Waals surface area contributed by atoms with Gasteiger partial charge in [0.15, 0.2) is 5.60 Å². The number of nitrogens with one attached hydrogen (secondary N) is 2. The van der Waals surface area contributed by atoms with Gasteiger partial charge in [0.25, 0.3) is 0 Å². The van der Waals surface area contributed by atoms with Crippen LogP contribution in [0, 0.1) is 0 Å². The summed E-state index contributed by atoms with van der Waals surface area (Å²) in [6, 6.07) is 4.19. The highest BCUT2D eigenvalue weighted by atomic mass is 35.5. The molecule has 0 bridgehead atoms. The first-order valence-electron chi connectivity index (χ1n) is 6.47. The summed E-state index contributed by atoms with van der Waals surface area (Å²) in [7, 11) is -3.94. The van der Waals surface area contributed by atoms with Crippen molar-refractivity contribution in [1.82, 2.24) is 10.0 Å². The molecule has 1 amide bonds. The predicted molar refractivity (Wildman–Crippen MR) is 82.5 cm³/mol. The van der Waals surface area contributed by atoms with E-state index in [-0.39, 0.29) is 4.90 Å². The maximum atomic E-state index is 12.1. The molecular weight excluding hydrogens is 348 g/mol. The van der Waals surface area contributed by atoms with Gasteiger partial charge in [-0.15, -0.1) is 0 Å². The van der Waals surface area contributed by atoms with Crippen LogP contribution in [0.2, 0.25) is 5.02 Å². The maximum Gasteiger partial charge on any atom is 0.337 e. The highest BCUT2D eigenvalue weighted by Gasteiger charge is 2.31. The molecule has 1 rings (SSSR count). The quantitative estimate of drug-likeness (QED) is 0.536. The summed E-state index contributed by atoms with van der Waals surface area (Å²) in [6.45, 7) is 1.74. The fourth-order valence-corrected chi connectivity index (χ4v) is 2.78. The van der Waals surface area contributed by atoms with Gasteiger partial charge < -0.3 is 15.5 Å². The summed E-state index contributed by atoms with van der Waals surface area (Å²) >= 11 is 5.68. The molecule has 2 unspecified atom stereocenters. The van der Waals surface area contributed by atoms with E-state index in [1.54, 1.807) is 0 Å². The Morgan fingerprint density at radius 3 is 2.30 bits per heavy atom. The Labute approximate surface area is 138 Å². The van der Waals surface area contributed by atoms with Gasteiger partial charge in [0.1, 0.15) is 0 Å². The minimum Gasteiger partial charge on any atom is -0.479 e. The molecule has 0 fully saturated rings. The molecule has 0 aliphatic carbocycles. The zero-order chi connectivity index (χ0) is 17.8. The van der Waals surface area contributed by atoms with Gasteiger partial charge >= 0.3 is 5.97 Å². The predicted octanol–water partition coefficient (Wildman–Crippen LogP) is -0.0414. The lowest BCUT2D eigenvalue weighted by molar-refractivity contribution is -0.156. The molecule has 0 aliphatic rings. The number of carboxylic acids is 1. The normalized spacial score (nSPS) is 15.5. The average molecular weight is 365 g/mol. The molecule has 0 aromatic heterocycles. The van der Waals surface area contributed by atoms with Crippen molar-refractivity contribution in [2.24, 2.45) is 0 Å². The van der Waals surface area contributed by atoms with Crippen LogP contribution in [0.15, 0.2) is 29.2 Å². The highest BCUT2D eigenvalue weighted by Crippen LogP contribution is 2.14. The van der Waals surface area contributed by atoms with Crippen molar-refractivity contribution in [3.05, 3.63) is 29.3 Å². The number of hydrogen-bond donors (Lipinski definition) is 4. The average Bonchev–Trinajstić information content (AvgIpc) is 2.44. The Balaban J connectivity index is 2.71. The Morgan fingerprint density at radius 1 is 1.30 bits per heavy atom. The molecule has 128 valence electrons. The molecule has 0 radical (unpaired) electrons. The maximum absolute atomic E-state index is 12.1. The molecular formula is C13H17ClN2O6S. The smallest absolute Gasteiger partial charge is 0.337 e. The number of carbonyl (C=O) groups is 2. The Kier molecular flexibility index (Phi) is 6.11. The van der Waals surface area contributed by atoms with E-state index in [4.69, 9.17) is 16.7 Å². The third kappa shape index (κ3) is 5.47. The van der Waals surface area contributed by atoms with E-state index in [0.29, 0.717) is 5.02 Å². The molecule has 0 saturated heterocycles. The van der Waals surface area contributed by atoms with Crippen LogP contribution >= 0.6 is 11.6 Å². The molecule has 2 atom stereocenters. The number of aliphatic carboxylic acids is 1. The van der Waals surface area contributed by atoms with Gasteiger partial charge in [0, 0.05) is 5.02 Å². The van der Waals surface area contributed by atoms with Crippen molar-refractivity contribution in [3.63, 3.8) is 0 Å². The number of aliphatic hydroxyl groups is 1. The van der Waals surface area contributed by atoms with E-state index in [1.807, 2.05) is 0 Å². The molecule has 0 heterocycles. The number of benzene rings is 1. The van der Waals surface area contributed by atoms with Crippen LogP contribution in [0.4, 0.5) is 0 Å². The summed E-state index contributed by atoms with van der Waals surface area (Å²) in [4.78, 5) is 22.5. The number of amides is 1. The summed E-state index contributed by atoms with van der Waals surface area (Å²) in [6.07, 6.45) is 0. The lowest BCUT2D eigenvalue weighted by Crippen LogP contribution is -2.51. The first-order chi connectivity index (χ1) is 10.5. The fourth-order valence-electron chi connectivity index (χ4n) is 1.46. The molecule has 1 aromatic carbocycles.